The van der Waals surface area contributed by atoms with E-state index in [1.165, 1.54) is 0 Å². The summed E-state index contributed by atoms with van der Waals surface area (Å²) in [5, 5.41) is 0. The van der Waals surface area contributed by atoms with Crippen LogP contribution >= 0.6 is 0 Å². The zero-order valence-corrected chi connectivity index (χ0v) is 31.5. The maximum Gasteiger partial charge on any atom is 0.652 e. The van der Waals surface area contributed by atoms with Crippen LogP contribution in [-0.2, 0) is 29.1 Å². The molecule has 0 aliphatic rings. The van der Waals surface area contributed by atoms with E-state index in [4.69, 9.17) is 29.1 Å². The van der Waals surface area contributed by atoms with Gasteiger partial charge in [-0.25, -0.2) is 0 Å². The van der Waals surface area contributed by atoms with Crippen molar-refractivity contribution in [2.24, 2.45) is 0 Å². The molecule has 0 saturated carbocycles. The average molecular weight is 591 g/mol. The zero-order valence-electron chi connectivity index (χ0n) is 24.5. The lowest BCUT2D eigenvalue weighted by Crippen LogP contribution is -2.71. The Labute approximate surface area is 212 Å². The normalized spacial score (nSPS) is 15.3. The highest BCUT2D eigenvalue weighted by atomic mass is 28.6. The van der Waals surface area contributed by atoms with Crippen LogP contribution in [0.25, 0.3) is 0 Å². The molecule has 0 aromatic heterocycles. The fourth-order valence-corrected chi connectivity index (χ4v) is 24.8. The van der Waals surface area contributed by atoms with Crippen molar-refractivity contribution in [3.05, 3.63) is 0 Å². The summed E-state index contributed by atoms with van der Waals surface area (Å²) in [6.45, 7) is 34.7. The number of hydrogen-bond acceptors (Lipinski definition) is 7. The van der Waals surface area contributed by atoms with Crippen LogP contribution in [-0.4, -0.2) is 66.3 Å². The maximum atomic E-state index is 6.97. The molecule has 0 bridgehead atoms. The van der Waals surface area contributed by atoms with Crippen molar-refractivity contribution in [1.82, 2.24) is 0 Å². The van der Waals surface area contributed by atoms with E-state index < -0.39 is 59.7 Å². The van der Waals surface area contributed by atoms with Crippen LogP contribution in [0.5, 0.6) is 0 Å². The van der Waals surface area contributed by atoms with Crippen molar-refractivity contribution < 1.29 is 29.1 Å². The maximum absolute atomic E-state index is 6.97. The number of rotatable bonds is 16. The van der Waals surface area contributed by atoms with Gasteiger partial charge in [-0.2, -0.15) is 0 Å². The van der Waals surface area contributed by atoms with Crippen LogP contribution in [0, 0.1) is 0 Å². The molecule has 200 valence electrons. The largest absolute Gasteiger partial charge is 0.652 e. The Bertz CT molecular complexity index is 531. The smallest absolute Gasteiger partial charge is 0.396 e. The first-order valence-electron chi connectivity index (χ1n) is 12.1. The summed E-state index contributed by atoms with van der Waals surface area (Å²) in [4.78, 5) is 0. The third-order valence-electron chi connectivity index (χ3n) is 3.18. The van der Waals surface area contributed by atoms with E-state index in [9.17, 15) is 0 Å². The van der Waals surface area contributed by atoms with Crippen molar-refractivity contribution >= 4 is 59.7 Å². The van der Waals surface area contributed by atoms with E-state index in [-0.39, 0.29) is 0 Å². The number of unbranched alkanes of at least 4 members (excludes halogenated alkanes) is 1. The minimum absolute atomic E-state index is 0.509. The first-order chi connectivity index (χ1) is 14.3. The molecule has 0 saturated heterocycles. The van der Waals surface area contributed by atoms with Crippen LogP contribution in [0.3, 0.4) is 0 Å². The Kier molecular flexibility index (Phi) is 12.6. The van der Waals surface area contributed by atoms with Gasteiger partial charge in [-0.05, 0) is 105 Å². The molecule has 0 amide bonds. The highest BCUT2D eigenvalue weighted by Gasteiger charge is 2.64. The molecule has 0 aliphatic heterocycles. The second kappa shape index (κ2) is 12.2. The van der Waals surface area contributed by atoms with E-state index in [0.717, 1.165) is 12.8 Å². The molecule has 0 unspecified atom stereocenters. The van der Waals surface area contributed by atoms with Gasteiger partial charge in [0, 0.05) is 6.61 Å². The topological polar surface area (TPSA) is 64.6 Å². The third-order valence-corrected chi connectivity index (χ3v) is 23.0. The summed E-state index contributed by atoms with van der Waals surface area (Å²) in [5.74, 6) is 0. The predicted octanol–water partition coefficient (Wildman–Crippen LogP) is 6.95. The van der Waals surface area contributed by atoms with E-state index >= 15 is 0 Å². The van der Waals surface area contributed by atoms with Crippen molar-refractivity contribution in [2.75, 3.05) is 6.61 Å². The van der Waals surface area contributed by atoms with Crippen molar-refractivity contribution in [1.29, 1.82) is 0 Å². The molecule has 0 N–H and O–H groups in total. The molecule has 0 aliphatic carbocycles. The van der Waals surface area contributed by atoms with E-state index in [0.29, 0.717) is 6.61 Å². The highest BCUT2D eigenvalue weighted by molar-refractivity contribution is 6.92. The summed E-state index contributed by atoms with van der Waals surface area (Å²) in [6.07, 6.45) is 1.91. The molecule has 0 fully saturated rings. The molecule has 14 heteroatoms. The first-order valence-corrected chi connectivity index (χ1v) is 32.5. The number of hydrogen-bond donors (Lipinski definition) is 0. The average Bonchev–Trinajstić information content (AvgIpc) is 2.36. The van der Waals surface area contributed by atoms with Crippen molar-refractivity contribution in [3.8, 4) is 0 Å². The van der Waals surface area contributed by atoms with Gasteiger partial charge in [-0.1, -0.05) is 13.3 Å². The van der Waals surface area contributed by atoms with Crippen molar-refractivity contribution in [2.45, 2.75) is 118 Å². The summed E-state index contributed by atoms with van der Waals surface area (Å²) in [5.41, 5.74) is 0. The van der Waals surface area contributed by atoms with Gasteiger partial charge in [0.05, 0.1) is 0 Å². The van der Waals surface area contributed by atoms with Gasteiger partial charge in [0.25, 0.3) is 0 Å². The van der Waals surface area contributed by atoms with E-state index in [1.807, 2.05) is 0 Å². The Balaban J connectivity index is 6.86. The molecule has 7 nitrogen and oxygen atoms in total. The fraction of sp³-hybridized carbons (Fsp3) is 1.00. The van der Waals surface area contributed by atoms with Crippen LogP contribution in [0.1, 0.15) is 19.8 Å². The molecule has 0 spiro atoms. The van der Waals surface area contributed by atoms with Gasteiger partial charge in [-0.15, -0.1) is 0 Å². The van der Waals surface area contributed by atoms with Gasteiger partial charge >= 0.3 is 18.1 Å². The minimum Gasteiger partial charge on any atom is -0.396 e. The molecule has 33 heavy (non-hydrogen) atoms. The molecule has 0 radical (unpaired) electrons. The lowest BCUT2D eigenvalue weighted by atomic mass is 10.4. The Hall–Kier alpha value is 1.24. The van der Waals surface area contributed by atoms with Gasteiger partial charge in [0.1, 0.15) is 0 Å². The molecular formula is C19H54O7Si7. The van der Waals surface area contributed by atoms with E-state index in [1.54, 1.807) is 0 Å². The molecule has 0 aromatic rings. The first kappa shape index (κ1) is 34.2. The van der Waals surface area contributed by atoms with Crippen LogP contribution in [0.4, 0.5) is 0 Å². The Morgan fingerprint density at radius 2 is 0.667 bits per heavy atom. The standard InChI is InChI=1S/C19H54O7Si7/c1-17-18-19-20-32(21-27(2,3)4,22-28(5,6)7)26-33(23-29(8,9)10,24-30(11,12)13)25-31(14,15)16/h17-19H2,1-16H3. The zero-order chi connectivity index (χ0) is 26.6. The molecule has 0 rings (SSSR count). The highest BCUT2D eigenvalue weighted by Crippen LogP contribution is 2.33. The summed E-state index contributed by atoms with van der Waals surface area (Å²) in [7, 11) is -18.0. The predicted molar refractivity (Wildman–Crippen MR) is 156 cm³/mol. The molecule has 0 aromatic carbocycles. The van der Waals surface area contributed by atoms with Gasteiger partial charge in [0.15, 0.2) is 41.6 Å². The SMILES string of the molecule is CCCCO[Si](O[Si](C)(C)C)(O[Si](C)(C)C)O[Si](O[Si](C)(C)C)(O[Si](C)(C)C)O[Si](C)(C)C. The lowest BCUT2D eigenvalue weighted by Gasteiger charge is -2.46. The minimum atomic E-state index is -3.68. The Morgan fingerprint density at radius 3 is 0.909 bits per heavy atom. The van der Waals surface area contributed by atoms with Crippen LogP contribution < -0.4 is 0 Å². The summed E-state index contributed by atoms with van der Waals surface area (Å²) >= 11 is 0. The molecular weight excluding hydrogens is 537 g/mol. The third kappa shape index (κ3) is 17.3. The molecule has 0 heterocycles. The Morgan fingerprint density at radius 1 is 0.394 bits per heavy atom. The second-order valence-corrected chi connectivity index (χ2v) is 41.7. The summed E-state index contributed by atoms with van der Waals surface area (Å²) < 4.78 is 47.3. The van der Waals surface area contributed by atoms with Crippen LogP contribution in [0.2, 0.25) is 98.2 Å². The van der Waals surface area contributed by atoms with Gasteiger partial charge in [0.2, 0.25) is 0 Å². The fourth-order valence-electron chi connectivity index (χ4n) is 2.65. The molecule has 0 atom stereocenters. The van der Waals surface area contributed by atoms with Gasteiger partial charge < -0.3 is 29.1 Å². The lowest BCUT2D eigenvalue weighted by molar-refractivity contribution is 0.0324. The van der Waals surface area contributed by atoms with Crippen molar-refractivity contribution in [3.63, 3.8) is 0 Å². The quantitative estimate of drug-likeness (QED) is 0.142. The van der Waals surface area contributed by atoms with Gasteiger partial charge in [-0.3, -0.25) is 0 Å². The second-order valence-electron chi connectivity index (χ2n) is 13.4. The van der Waals surface area contributed by atoms with E-state index in [2.05, 4.69) is 105 Å². The summed E-state index contributed by atoms with van der Waals surface area (Å²) in [6, 6.07) is 0. The monoisotopic (exact) mass is 590 g/mol. The van der Waals surface area contributed by atoms with Crippen LogP contribution in [0.15, 0.2) is 0 Å².